The maximum atomic E-state index is 12.5. The van der Waals surface area contributed by atoms with Gasteiger partial charge in [0.05, 0.1) is 5.56 Å². The summed E-state index contributed by atoms with van der Waals surface area (Å²) < 4.78 is 32.3. The van der Waals surface area contributed by atoms with Crippen LogP contribution in [-0.2, 0) is 19.6 Å². The van der Waals surface area contributed by atoms with Gasteiger partial charge in [-0.1, -0.05) is 6.07 Å². The van der Waals surface area contributed by atoms with Crippen LogP contribution in [0, 0.1) is 0 Å². The average Bonchev–Trinajstić information content (AvgIpc) is 3.22. The predicted octanol–water partition coefficient (Wildman–Crippen LogP) is 3.50. The number of sulfonamides is 1. The SMILES string of the molecule is CC1CCCC(C)N1C(=O)COC(=O)c1ccc(NS(=O)(=O)c2cccs2)cc1. The van der Waals surface area contributed by atoms with Gasteiger partial charge in [-0.05, 0) is 68.8 Å². The number of likely N-dealkylation sites (tertiary alicyclic amines) is 1. The number of hydrogen-bond donors (Lipinski definition) is 1. The lowest BCUT2D eigenvalue weighted by Crippen LogP contribution is -2.49. The van der Waals surface area contributed by atoms with Crippen molar-refractivity contribution in [1.82, 2.24) is 4.90 Å². The molecule has 1 fully saturated rings. The third-order valence-electron chi connectivity index (χ3n) is 4.94. The molecule has 29 heavy (non-hydrogen) atoms. The minimum absolute atomic E-state index is 0.139. The summed E-state index contributed by atoms with van der Waals surface area (Å²) in [6, 6.07) is 9.35. The lowest BCUT2D eigenvalue weighted by atomic mass is 9.97. The van der Waals surface area contributed by atoms with Gasteiger partial charge < -0.3 is 9.64 Å². The summed E-state index contributed by atoms with van der Waals surface area (Å²) in [4.78, 5) is 26.5. The number of carbonyl (C=O) groups is 2. The summed E-state index contributed by atoms with van der Waals surface area (Å²) in [6.45, 7) is 3.71. The van der Waals surface area contributed by atoms with Crippen molar-refractivity contribution in [3.8, 4) is 0 Å². The molecule has 156 valence electrons. The molecule has 0 saturated carbocycles. The molecule has 2 aromatic rings. The van der Waals surface area contributed by atoms with E-state index in [2.05, 4.69) is 4.72 Å². The van der Waals surface area contributed by atoms with E-state index in [0.717, 1.165) is 30.6 Å². The predicted molar refractivity (Wildman–Crippen MR) is 111 cm³/mol. The molecule has 1 amide bonds. The minimum atomic E-state index is -3.65. The van der Waals surface area contributed by atoms with E-state index in [1.807, 2.05) is 13.8 Å². The Labute approximate surface area is 174 Å². The Kier molecular flexibility index (Phi) is 6.59. The van der Waals surface area contributed by atoms with Crippen LogP contribution in [0.25, 0.3) is 0 Å². The standard InChI is InChI=1S/C20H24N2O5S2/c1-14-5-3-6-15(2)22(14)18(23)13-27-20(24)16-8-10-17(11-9-16)21-29(25,26)19-7-4-12-28-19/h4,7-12,14-15,21H,3,5-6,13H2,1-2H3. The van der Waals surface area contributed by atoms with Crippen molar-refractivity contribution < 1.29 is 22.7 Å². The number of piperidine rings is 1. The first-order valence-corrected chi connectivity index (χ1v) is 11.8. The second-order valence-corrected chi connectivity index (χ2v) is 9.98. The first-order valence-electron chi connectivity index (χ1n) is 9.42. The van der Waals surface area contributed by atoms with Gasteiger partial charge in [-0.3, -0.25) is 9.52 Å². The molecular weight excluding hydrogens is 412 g/mol. The van der Waals surface area contributed by atoms with E-state index in [1.165, 1.54) is 30.3 Å². The van der Waals surface area contributed by atoms with Gasteiger partial charge in [0.25, 0.3) is 15.9 Å². The van der Waals surface area contributed by atoms with Gasteiger partial charge in [0.2, 0.25) is 0 Å². The molecule has 1 aromatic heterocycles. The molecule has 1 aliphatic rings. The molecule has 0 aliphatic carbocycles. The number of nitrogens with zero attached hydrogens (tertiary/aromatic N) is 1. The molecule has 7 nitrogen and oxygen atoms in total. The average molecular weight is 437 g/mol. The number of benzene rings is 1. The molecule has 1 N–H and O–H groups in total. The van der Waals surface area contributed by atoms with Gasteiger partial charge in [-0.25, -0.2) is 13.2 Å². The highest BCUT2D eigenvalue weighted by atomic mass is 32.2. The summed E-state index contributed by atoms with van der Waals surface area (Å²) in [5.41, 5.74) is 0.582. The highest BCUT2D eigenvalue weighted by Crippen LogP contribution is 2.23. The fourth-order valence-electron chi connectivity index (χ4n) is 3.49. The molecule has 1 aromatic carbocycles. The van der Waals surface area contributed by atoms with E-state index in [0.29, 0.717) is 5.69 Å². The van der Waals surface area contributed by atoms with E-state index in [9.17, 15) is 18.0 Å². The van der Waals surface area contributed by atoms with Crippen molar-refractivity contribution in [1.29, 1.82) is 0 Å². The van der Waals surface area contributed by atoms with Crippen molar-refractivity contribution in [2.75, 3.05) is 11.3 Å². The van der Waals surface area contributed by atoms with E-state index in [-0.39, 0.29) is 34.4 Å². The topological polar surface area (TPSA) is 92.8 Å². The van der Waals surface area contributed by atoms with Crippen LogP contribution in [0.4, 0.5) is 5.69 Å². The second kappa shape index (κ2) is 8.96. The van der Waals surface area contributed by atoms with Gasteiger partial charge in [-0.2, -0.15) is 0 Å². The number of ether oxygens (including phenoxy) is 1. The summed E-state index contributed by atoms with van der Waals surface area (Å²) in [5.74, 6) is -0.818. The highest BCUT2D eigenvalue weighted by molar-refractivity contribution is 7.94. The van der Waals surface area contributed by atoms with Gasteiger partial charge in [0, 0.05) is 17.8 Å². The van der Waals surface area contributed by atoms with Crippen molar-refractivity contribution in [2.24, 2.45) is 0 Å². The first-order chi connectivity index (χ1) is 13.8. The van der Waals surface area contributed by atoms with Crippen molar-refractivity contribution in [3.63, 3.8) is 0 Å². The summed E-state index contributed by atoms with van der Waals surface area (Å²) in [6.07, 6.45) is 2.99. The number of anilines is 1. The molecule has 0 bridgehead atoms. The third-order valence-corrected chi connectivity index (χ3v) is 7.72. The zero-order valence-electron chi connectivity index (χ0n) is 16.3. The van der Waals surface area contributed by atoms with Crippen LogP contribution in [0.5, 0.6) is 0 Å². The van der Waals surface area contributed by atoms with Crippen LogP contribution in [0.2, 0.25) is 0 Å². The Hall–Kier alpha value is -2.39. The quantitative estimate of drug-likeness (QED) is 0.700. The fourth-order valence-corrected chi connectivity index (χ4v) is 5.55. The first kappa shape index (κ1) is 21.3. The number of amides is 1. The summed E-state index contributed by atoms with van der Waals surface area (Å²) in [7, 11) is -3.65. The number of carbonyl (C=O) groups excluding carboxylic acids is 2. The van der Waals surface area contributed by atoms with Crippen molar-refractivity contribution in [3.05, 3.63) is 47.3 Å². The summed E-state index contributed by atoms with van der Waals surface area (Å²) in [5, 5.41) is 1.68. The second-order valence-electron chi connectivity index (χ2n) is 7.12. The van der Waals surface area contributed by atoms with Crippen LogP contribution in [0.1, 0.15) is 43.5 Å². The van der Waals surface area contributed by atoms with Gasteiger partial charge in [0.15, 0.2) is 6.61 Å². The third kappa shape index (κ3) is 5.16. The zero-order valence-corrected chi connectivity index (χ0v) is 18.0. The van der Waals surface area contributed by atoms with Gasteiger partial charge in [0.1, 0.15) is 4.21 Å². The molecule has 3 rings (SSSR count). The molecule has 2 atom stereocenters. The van der Waals surface area contributed by atoms with E-state index in [4.69, 9.17) is 4.74 Å². The normalized spacial score (nSPS) is 19.6. The maximum absolute atomic E-state index is 12.5. The lowest BCUT2D eigenvalue weighted by molar-refractivity contribution is -0.140. The Balaban J connectivity index is 1.57. The zero-order chi connectivity index (χ0) is 21.0. The van der Waals surface area contributed by atoms with Crippen molar-refractivity contribution in [2.45, 2.75) is 49.4 Å². The largest absolute Gasteiger partial charge is 0.452 e. The van der Waals surface area contributed by atoms with Gasteiger partial charge >= 0.3 is 5.97 Å². The molecule has 2 heterocycles. The molecule has 0 radical (unpaired) electrons. The molecule has 0 spiro atoms. The number of thiophene rings is 1. The number of nitrogens with one attached hydrogen (secondary N) is 1. The Morgan fingerprint density at radius 2 is 1.79 bits per heavy atom. The van der Waals surface area contributed by atoms with Crippen LogP contribution in [0.15, 0.2) is 46.0 Å². The van der Waals surface area contributed by atoms with Crippen LogP contribution >= 0.6 is 11.3 Å². The molecule has 1 aliphatic heterocycles. The van der Waals surface area contributed by atoms with Crippen LogP contribution < -0.4 is 4.72 Å². The van der Waals surface area contributed by atoms with E-state index < -0.39 is 16.0 Å². The maximum Gasteiger partial charge on any atom is 0.338 e. The fraction of sp³-hybridized carbons (Fsp3) is 0.400. The van der Waals surface area contributed by atoms with Gasteiger partial charge in [-0.15, -0.1) is 11.3 Å². The van der Waals surface area contributed by atoms with Crippen LogP contribution in [0.3, 0.4) is 0 Å². The van der Waals surface area contributed by atoms with Crippen molar-refractivity contribution >= 4 is 38.9 Å². The number of rotatable bonds is 6. The Bertz CT molecular complexity index is 945. The molecule has 2 unspecified atom stereocenters. The number of esters is 1. The Morgan fingerprint density at radius 3 is 2.38 bits per heavy atom. The Morgan fingerprint density at radius 1 is 1.14 bits per heavy atom. The lowest BCUT2D eigenvalue weighted by Gasteiger charge is -2.38. The molecular formula is C20H24N2O5S2. The minimum Gasteiger partial charge on any atom is -0.452 e. The smallest absolute Gasteiger partial charge is 0.338 e. The van der Waals surface area contributed by atoms with E-state index >= 15 is 0 Å². The highest BCUT2D eigenvalue weighted by Gasteiger charge is 2.29. The molecule has 1 saturated heterocycles. The van der Waals surface area contributed by atoms with E-state index in [1.54, 1.807) is 16.3 Å². The summed E-state index contributed by atoms with van der Waals surface area (Å²) >= 11 is 1.12. The monoisotopic (exact) mass is 436 g/mol. The number of hydrogen-bond acceptors (Lipinski definition) is 6. The van der Waals surface area contributed by atoms with Crippen LogP contribution in [-0.4, -0.2) is 43.9 Å². The molecule has 9 heteroatoms.